The number of hydrogen-bond acceptors (Lipinski definition) is 5. The number of hydrogen-bond donors (Lipinski definition) is 1. The molecular weight excluding hydrogens is 186 g/mol. The highest BCUT2D eigenvalue weighted by Gasteiger charge is 2.09. The van der Waals surface area contributed by atoms with Crippen molar-refractivity contribution < 1.29 is 4.52 Å². The van der Waals surface area contributed by atoms with E-state index in [0.29, 0.717) is 11.5 Å². The summed E-state index contributed by atoms with van der Waals surface area (Å²) >= 11 is 0. The molecule has 0 aromatic carbocycles. The van der Waals surface area contributed by atoms with Gasteiger partial charge >= 0.3 is 5.76 Å². The Morgan fingerprint density at radius 2 is 2.36 bits per heavy atom. The van der Waals surface area contributed by atoms with Gasteiger partial charge in [-0.1, -0.05) is 10.4 Å². The van der Waals surface area contributed by atoms with Crippen molar-refractivity contribution in [3.05, 3.63) is 16.7 Å². The highest BCUT2D eigenvalue weighted by atomic mass is 16.5. The molecule has 0 amide bonds. The Morgan fingerprint density at radius 3 is 2.86 bits per heavy atom. The Balaban J connectivity index is 2.38. The molecule has 2 aromatic rings. The van der Waals surface area contributed by atoms with Crippen LogP contribution in [-0.4, -0.2) is 25.1 Å². The molecule has 0 fully saturated rings. The van der Waals surface area contributed by atoms with Crippen molar-refractivity contribution in [3.8, 4) is 11.5 Å². The summed E-state index contributed by atoms with van der Waals surface area (Å²) in [4.78, 5) is 13.1. The number of H-pyrrole nitrogens is 1. The molecule has 0 spiro atoms. The third-order valence-corrected chi connectivity index (χ3v) is 1.72. The van der Waals surface area contributed by atoms with E-state index in [1.165, 1.54) is 0 Å². The molecule has 1 N–H and O–H groups in total. The van der Waals surface area contributed by atoms with Gasteiger partial charge in [-0.2, -0.15) is 0 Å². The van der Waals surface area contributed by atoms with E-state index in [2.05, 4.69) is 25.0 Å². The number of aromatic nitrogens is 5. The molecular formula is C7H9N5O2. The lowest BCUT2D eigenvalue weighted by molar-refractivity contribution is 0.387. The predicted molar refractivity (Wildman–Crippen MR) is 46.5 cm³/mol. The van der Waals surface area contributed by atoms with Gasteiger partial charge in [-0.3, -0.25) is 9.51 Å². The highest BCUT2D eigenvalue weighted by Crippen LogP contribution is 2.10. The Morgan fingerprint density at radius 1 is 1.57 bits per heavy atom. The van der Waals surface area contributed by atoms with Gasteiger partial charge < -0.3 is 0 Å². The second-order valence-corrected chi connectivity index (χ2v) is 3.12. The Hall–Kier alpha value is -1.92. The van der Waals surface area contributed by atoms with E-state index in [4.69, 9.17) is 0 Å². The lowest BCUT2D eigenvalue weighted by Gasteiger charge is -2.00. The van der Waals surface area contributed by atoms with Gasteiger partial charge in [0.2, 0.25) is 5.82 Å². The van der Waals surface area contributed by atoms with Crippen LogP contribution >= 0.6 is 0 Å². The minimum absolute atomic E-state index is 0.217. The standard InChI is InChI=1S/C7H9N5O2/c1-4(2)12-3-5(9-11-12)6-8-7(13)14-10-6/h3-4H,1-2H3,(H,8,10,13). The fraction of sp³-hybridized carbons (Fsp3) is 0.429. The lowest BCUT2D eigenvalue weighted by Crippen LogP contribution is -2.00. The fourth-order valence-corrected chi connectivity index (χ4v) is 0.978. The van der Waals surface area contributed by atoms with Gasteiger partial charge in [0.25, 0.3) is 0 Å². The van der Waals surface area contributed by atoms with Crippen molar-refractivity contribution in [1.82, 2.24) is 25.1 Å². The number of rotatable bonds is 2. The summed E-state index contributed by atoms with van der Waals surface area (Å²) in [6.07, 6.45) is 1.69. The third-order valence-electron chi connectivity index (χ3n) is 1.72. The van der Waals surface area contributed by atoms with Gasteiger partial charge in [0.15, 0.2) is 5.69 Å². The van der Waals surface area contributed by atoms with Crippen molar-refractivity contribution in [2.45, 2.75) is 19.9 Å². The van der Waals surface area contributed by atoms with Gasteiger partial charge in [-0.25, -0.2) is 9.48 Å². The lowest BCUT2D eigenvalue weighted by atomic mass is 10.4. The maximum absolute atomic E-state index is 10.7. The maximum Gasteiger partial charge on any atom is 0.439 e. The summed E-state index contributed by atoms with van der Waals surface area (Å²) < 4.78 is 6.02. The average Bonchev–Trinajstić information content (AvgIpc) is 2.70. The predicted octanol–water partition coefficient (Wildman–Crippen LogP) is 0.202. The summed E-state index contributed by atoms with van der Waals surface area (Å²) in [5.74, 6) is -0.305. The molecule has 0 unspecified atom stereocenters. The Kier molecular flexibility index (Phi) is 1.91. The molecule has 7 heteroatoms. The second kappa shape index (κ2) is 3.09. The quantitative estimate of drug-likeness (QED) is 0.739. The van der Waals surface area contributed by atoms with E-state index < -0.39 is 5.76 Å². The van der Waals surface area contributed by atoms with Crippen LogP contribution in [0.5, 0.6) is 0 Å². The number of nitrogens with one attached hydrogen (secondary N) is 1. The van der Waals surface area contributed by atoms with Crippen LogP contribution in [0.15, 0.2) is 15.5 Å². The van der Waals surface area contributed by atoms with Gasteiger partial charge in [0.1, 0.15) is 0 Å². The van der Waals surface area contributed by atoms with Gasteiger partial charge in [-0.15, -0.1) is 5.10 Å². The van der Waals surface area contributed by atoms with Crippen LogP contribution in [-0.2, 0) is 0 Å². The van der Waals surface area contributed by atoms with Crippen molar-refractivity contribution in [3.63, 3.8) is 0 Å². The first-order valence-electron chi connectivity index (χ1n) is 4.15. The number of aromatic amines is 1. The van der Waals surface area contributed by atoms with Gasteiger partial charge in [0, 0.05) is 6.04 Å². The second-order valence-electron chi connectivity index (χ2n) is 3.12. The topological polar surface area (TPSA) is 89.6 Å². The van der Waals surface area contributed by atoms with Crippen LogP contribution in [0, 0.1) is 0 Å². The molecule has 14 heavy (non-hydrogen) atoms. The maximum atomic E-state index is 10.7. The molecule has 2 rings (SSSR count). The van der Waals surface area contributed by atoms with Crippen molar-refractivity contribution in [2.24, 2.45) is 0 Å². The first kappa shape index (κ1) is 8.67. The van der Waals surface area contributed by atoms with Crippen LogP contribution < -0.4 is 5.76 Å². The van der Waals surface area contributed by atoms with E-state index in [1.807, 2.05) is 13.8 Å². The van der Waals surface area contributed by atoms with E-state index in [-0.39, 0.29) is 6.04 Å². The summed E-state index contributed by atoms with van der Waals surface area (Å²) in [6.45, 7) is 3.95. The molecule has 2 aromatic heterocycles. The minimum atomic E-state index is -0.598. The summed E-state index contributed by atoms with van der Waals surface area (Å²) in [5, 5.41) is 11.2. The van der Waals surface area contributed by atoms with Gasteiger partial charge in [0.05, 0.1) is 6.20 Å². The van der Waals surface area contributed by atoms with E-state index in [9.17, 15) is 4.79 Å². The van der Waals surface area contributed by atoms with Gasteiger partial charge in [-0.05, 0) is 13.8 Å². The zero-order chi connectivity index (χ0) is 10.1. The largest absolute Gasteiger partial charge is 0.439 e. The first-order valence-corrected chi connectivity index (χ1v) is 4.15. The summed E-state index contributed by atoms with van der Waals surface area (Å²) in [7, 11) is 0. The van der Waals surface area contributed by atoms with E-state index in [0.717, 1.165) is 0 Å². The molecule has 0 aliphatic rings. The highest BCUT2D eigenvalue weighted by molar-refractivity contribution is 5.44. The molecule has 0 atom stereocenters. The van der Waals surface area contributed by atoms with E-state index in [1.54, 1.807) is 10.9 Å². The van der Waals surface area contributed by atoms with Crippen molar-refractivity contribution >= 4 is 0 Å². The average molecular weight is 195 g/mol. The monoisotopic (exact) mass is 195 g/mol. The summed E-state index contributed by atoms with van der Waals surface area (Å²) in [5.41, 5.74) is 0.490. The minimum Gasteiger partial charge on any atom is -0.296 e. The summed E-state index contributed by atoms with van der Waals surface area (Å²) in [6, 6.07) is 0.217. The fourth-order valence-electron chi connectivity index (χ4n) is 0.978. The number of nitrogens with zero attached hydrogens (tertiary/aromatic N) is 4. The Labute approximate surface area is 78.7 Å². The molecule has 0 aliphatic heterocycles. The van der Waals surface area contributed by atoms with Crippen LogP contribution in [0.2, 0.25) is 0 Å². The molecule has 0 radical (unpaired) electrons. The van der Waals surface area contributed by atoms with E-state index >= 15 is 0 Å². The molecule has 0 saturated carbocycles. The molecule has 0 aliphatic carbocycles. The van der Waals surface area contributed by atoms with Crippen LogP contribution in [0.1, 0.15) is 19.9 Å². The van der Waals surface area contributed by atoms with Crippen LogP contribution in [0.3, 0.4) is 0 Å². The zero-order valence-electron chi connectivity index (χ0n) is 7.76. The Bertz CT molecular complexity index is 480. The van der Waals surface area contributed by atoms with Crippen LogP contribution in [0.4, 0.5) is 0 Å². The molecule has 74 valence electrons. The molecule has 7 nitrogen and oxygen atoms in total. The first-order chi connectivity index (χ1) is 6.66. The SMILES string of the molecule is CC(C)n1cc(-c2noc(=O)[nH]2)nn1. The van der Waals surface area contributed by atoms with Crippen molar-refractivity contribution in [1.29, 1.82) is 0 Å². The smallest absolute Gasteiger partial charge is 0.296 e. The molecule has 2 heterocycles. The normalized spacial score (nSPS) is 11.1. The molecule has 0 bridgehead atoms. The third kappa shape index (κ3) is 1.43. The molecule has 0 saturated heterocycles. The van der Waals surface area contributed by atoms with Crippen LogP contribution in [0.25, 0.3) is 11.5 Å². The van der Waals surface area contributed by atoms with Crippen molar-refractivity contribution in [2.75, 3.05) is 0 Å². The zero-order valence-corrected chi connectivity index (χ0v) is 7.76.